The van der Waals surface area contributed by atoms with Crippen LogP contribution in [-0.4, -0.2) is 21.6 Å². The molecule has 0 fully saturated rings. The summed E-state index contributed by atoms with van der Waals surface area (Å²) in [6.45, 7) is 1.91. The van der Waals surface area contributed by atoms with Crippen molar-refractivity contribution in [1.82, 2.24) is 10.3 Å². The van der Waals surface area contributed by atoms with Gasteiger partial charge in [-0.25, -0.2) is 4.98 Å². The topological polar surface area (TPSA) is 98.3 Å². The third kappa shape index (κ3) is 4.16. The predicted octanol–water partition coefficient (Wildman–Crippen LogP) is 3.71. The summed E-state index contributed by atoms with van der Waals surface area (Å²) < 4.78 is 5.49. The minimum absolute atomic E-state index is 0.0493. The monoisotopic (exact) mass is 357 g/mol. The minimum atomic E-state index is -0.487. The van der Waals surface area contributed by atoms with Crippen LogP contribution in [0.1, 0.15) is 18.5 Å². The molecule has 0 bridgehead atoms. The Morgan fingerprint density at radius 3 is 2.80 bits per heavy atom. The lowest BCUT2D eigenvalue weighted by atomic mass is 10.1. The zero-order valence-electron chi connectivity index (χ0n) is 13.3. The SMILES string of the molecule is CC(NC(=O)CSc1nc2cc([N+](=O)[O-])ccc2o1)c1ccccc1. The highest BCUT2D eigenvalue weighted by Gasteiger charge is 2.14. The van der Waals surface area contributed by atoms with Crippen LogP contribution in [-0.2, 0) is 4.79 Å². The largest absolute Gasteiger partial charge is 0.431 e. The minimum Gasteiger partial charge on any atom is -0.431 e. The zero-order valence-corrected chi connectivity index (χ0v) is 14.2. The van der Waals surface area contributed by atoms with Crippen LogP contribution in [0.4, 0.5) is 5.69 Å². The lowest BCUT2D eigenvalue weighted by Gasteiger charge is -2.13. The van der Waals surface area contributed by atoms with E-state index in [0.29, 0.717) is 16.3 Å². The Hall–Kier alpha value is -2.87. The first-order valence-corrected chi connectivity index (χ1v) is 8.53. The number of nitro benzene ring substituents is 1. The Balaban J connectivity index is 1.60. The first kappa shape index (κ1) is 17.0. The lowest BCUT2D eigenvalue weighted by molar-refractivity contribution is -0.384. The molecule has 25 heavy (non-hydrogen) atoms. The summed E-state index contributed by atoms with van der Waals surface area (Å²) in [6, 6.07) is 13.8. The number of fused-ring (bicyclic) bond motifs is 1. The highest BCUT2D eigenvalue weighted by atomic mass is 32.2. The third-order valence-electron chi connectivity index (χ3n) is 3.57. The molecule has 0 radical (unpaired) electrons. The van der Waals surface area contributed by atoms with Crippen LogP contribution >= 0.6 is 11.8 Å². The molecule has 128 valence electrons. The van der Waals surface area contributed by atoms with Gasteiger partial charge in [-0.15, -0.1) is 0 Å². The summed E-state index contributed by atoms with van der Waals surface area (Å²) in [5.41, 5.74) is 1.82. The average Bonchev–Trinajstić information content (AvgIpc) is 3.02. The molecule has 0 aliphatic heterocycles. The van der Waals surface area contributed by atoms with Gasteiger partial charge in [0.05, 0.1) is 16.7 Å². The molecule has 1 atom stereocenters. The van der Waals surface area contributed by atoms with E-state index in [1.807, 2.05) is 37.3 Å². The van der Waals surface area contributed by atoms with Crippen LogP contribution in [0.5, 0.6) is 0 Å². The molecule has 3 aromatic rings. The molecular formula is C17H15N3O4S. The number of oxazole rings is 1. The number of nitrogens with zero attached hydrogens (tertiary/aromatic N) is 2. The molecule has 7 nitrogen and oxygen atoms in total. The van der Waals surface area contributed by atoms with E-state index in [1.165, 1.54) is 18.2 Å². The Kier molecular flexibility index (Phi) is 4.99. The summed E-state index contributed by atoms with van der Waals surface area (Å²) in [6.07, 6.45) is 0. The molecule has 1 heterocycles. The molecule has 1 unspecified atom stereocenters. The Morgan fingerprint density at radius 1 is 1.32 bits per heavy atom. The van der Waals surface area contributed by atoms with Crippen molar-refractivity contribution in [1.29, 1.82) is 0 Å². The van der Waals surface area contributed by atoms with Crippen molar-refractivity contribution in [3.8, 4) is 0 Å². The second kappa shape index (κ2) is 7.35. The van der Waals surface area contributed by atoms with Crippen molar-refractivity contribution in [3.05, 3.63) is 64.2 Å². The first-order valence-electron chi connectivity index (χ1n) is 7.55. The molecule has 1 aromatic heterocycles. The van der Waals surface area contributed by atoms with Crippen molar-refractivity contribution in [2.24, 2.45) is 0 Å². The number of carbonyl (C=O) groups excluding carboxylic acids is 1. The van der Waals surface area contributed by atoms with Crippen molar-refractivity contribution in [2.75, 3.05) is 5.75 Å². The number of aromatic nitrogens is 1. The van der Waals surface area contributed by atoms with Crippen LogP contribution in [0, 0.1) is 10.1 Å². The van der Waals surface area contributed by atoms with Crippen LogP contribution in [0.25, 0.3) is 11.1 Å². The molecular weight excluding hydrogens is 342 g/mol. The molecule has 0 aliphatic carbocycles. The second-order valence-electron chi connectivity index (χ2n) is 5.38. The summed E-state index contributed by atoms with van der Waals surface area (Å²) in [7, 11) is 0. The standard InChI is InChI=1S/C17H15N3O4S/c1-11(12-5-3-2-4-6-12)18-16(21)10-25-17-19-14-9-13(20(22)23)7-8-15(14)24-17/h2-9,11H,10H2,1H3,(H,18,21). The van der Waals surface area contributed by atoms with E-state index in [-0.39, 0.29) is 23.4 Å². The van der Waals surface area contributed by atoms with Gasteiger partial charge in [0.2, 0.25) is 5.91 Å². The maximum absolute atomic E-state index is 12.1. The van der Waals surface area contributed by atoms with Crippen LogP contribution < -0.4 is 5.32 Å². The number of rotatable bonds is 6. The van der Waals surface area contributed by atoms with Gasteiger partial charge in [0, 0.05) is 12.1 Å². The molecule has 3 rings (SSSR count). The molecule has 8 heteroatoms. The van der Waals surface area contributed by atoms with E-state index in [1.54, 1.807) is 0 Å². The Morgan fingerprint density at radius 2 is 2.08 bits per heavy atom. The van der Waals surface area contributed by atoms with Gasteiger partial charge in [0.1, 0.15) is 5.52 Å². The highest BCUT2D eigenvalue weighted by molar-refractivity contribution is 7.99. The van der Waals surface area contributed by atoms with E-state index in [4.69, 9.17) is 4.42 Å². The molecule has 1 amide bonds. The van der Waals surface area contributed by atoms with Crippen molar-refractivity contribution >= 4 is 34.5 Å². The Bertz CT molecular complexity index is 911. The smallest absolute Gasteiger partial charge is 0.271 e. The fourth-order valence-corrected chi connectivity index (χ4v) is 2.95. The summed E-state index contributed by atoms with van der Waals surface area (Å²) >= 11 is 1.15. The van der Waals surface area contributed by atoms with Gasteiger partial charge < -0.3 is 9.73 Å². The number of hydrogen-bond acceptors (Lipinski definition) is 6. The first-order chi connectivity index (χ1) is 12.0. The van der Waals surface area contributed by atoms with Crippen molar-refractivity contribution in [2.45, 2.75) is 18.2 Å². The lowest BCUT2D eigenvalue weighted by Crippen LogP contribution is -2.28. The number of carbonyl (C=O) groups is 1. The normalized spacial score (nSPS) is 12.0. The number of nitrogens with one attached hydrogen (secondary N) is 1. The molecule has 1 N–H and O–H groups in total. The number of benzene rings is 2. The number of hydrogen-bond donors (Lipinski definition) is 1. The van der Waals surface area contributed by atoms with Gasteiger partial charge >= 0.3 is 0 Å². The van der Waals surface area contributed by atoms with Crippen molar-refractivity contribution in [3.63, 3.8) is 0 Å². The summed E-state index contributed by atoms with van der Waals surface area (Å²) in [4.78, 5) is 26.5. The van der Waals surface area contributed by atoms with Gasteiger partial charge in [-0.1, -0.05) is 42.1 Å². The average molecular weight is 357 g/mol. The second-order valence-corrected chi connectivity index (χ2v) is 6.30. The zero-order chi connectivity index (χ0) is 17.8. The van der Waals surface area contributed by atoms with Crippen LogP contribution in [0.3, 0.4) is 0 Å². The van der Waals surface area contributed by atoms with Gasteiger partial charge in [-0.3, -0.25) is 14.9 Å². The van der Waals surface area contributed by atoms with Gasteiger partial charge in [-0.05, 0) is 18.6 Å². The quantitative estimate of drug-likeness (QED) is 0.410. The van der Waals surface area contributed by atoms with E-state index in [0.717, 1.165) is 17.3 Å². The van der Waals surface area contributed by atoms with Gasteiger partial charge in [0.25, 0.3) is 10.9 Å². The fraction of sp³-hybridized carbons (Fsp3) is 0.176. The fourth-order valence-electron chi connectivity index (χ4n) is 2.31. The van der Waals surface area contributed by atoms with E-state index >= 15 is 0 Å². The molecule has 0 spiro atoms. The number of non-ortho nitro benzene ring substituents is 1. The van der Waals surface area contributed by atoms with E-state index in [2.05, 4.69) is 10.3 Å². The summed E-state index contributed by atoms with van der Waals surface area (Å²) in [5.74, 6) is 0.00103. The Labute approximate surface area is 147 Å². The predicted molar refractivity (Wildman–Crippen MR) is 94.4 cm³/mol. The van der Waals surface area contributed by atoms with E-state index in [9.17, 15) is 14.9 Å². The van der Waals surface area contributed by atoms with Crippen LogP contribution in [0.15, 0.2) is 58.2 Å². The van der Waals surface area contributed by atoms with Crippen molar-refractivity contribution < 1.29 is 14.1 Å². The molecule has 2 aromatic carbocycles. The number of thioether (sulfide) groups is 1. The highest BCUT2D eigenvalue weighted by Crippen LogP contribution is 2.26. The van der Waals surface area contributed by atoms with Crippen LogP contribution in [0.2, 0.25) is 0 Å². The summed E-state index contributed by atoms with van der Waals surface area (Å²) in [5, 5.41) is 14.0. The molecule has 0 aliphatic rings. The number of amides is 1. The molecule has 0 saturated carbocycles. The number of nitro groups is 1. The maximum Gasteiger partial charge on any atom is 0.271 e. The van der Waals surface area contributed by atoms with Gasteiger partial charge in [-0.2, -0.15) is 0 Å². The third-order valence-corrected chi connectivity index (χ3v) is 4.39. The molecule has 0 saturated heterocycles. The van der Waals surface area contributed by atoms with E-state index < -0.39 is 4.92 Å². The van der Waals surface area contributed by atoms with Gasteiger partial charge in [0.15, 0.2) is 5.58 Å². The maximum atomic E-state index is 12.1.